The van der Waals surface area contributed by atoms with Crippen LogP contribution in [0.3, 0.4) is 0 Å². The first-order valence-corrected chi connectivity index (χ1v) is 7.87. The van der Waals surface area contributed by atoms with Crippen molar-refractivity contribution in [2.75, 3.05) is 0 Å². The van der Waals surface area contributed by atoms with Crippen molar-refractivity contribution in [1.82, 2.24) is 4.98 Å². The standard InChI is InChI=1S/C14H16BrFN2S/c1-3-14(17,4-2)13-18-12(8-19-13)10-7-9(15)5-6-11(10)16/h5-8H,3-4,17H2,1-2H3. The van der Waals surface area contributed by atoms with Crippen LogP contribution in [0, 0.1) is 5.82 Å². The van der Waals surface area contributed by atoms with E-state index in [4.69, 9.17) is 5.73 Å². The number of halogens is 2. The van der Waals surface area contributed by atoms with Crippen LogP contribution in [-0.2, 0) is 5.54 Å². The summed E-state index contributed by atoms with van der Waals surface area (Å²) >= 11 is 4.85. The maximum absolute atomic E-state index is 13.8. The molecule has 0 radical (unpaired) electrons. The summed E-state index contributed by atoms with van der Waals surface area (Å²) in [6.07, 6.45) is 1.63. The average Bonchev–Trinajstić information content (AvgIpc) is 2.90. The van der Waals surface area contributed by atoms with Gasteiger partial charge in [0, 0.05) is 15.4 Å². The second-order valence-corrected chi connectivity index (χ2v) is 6.30. The van der Waals surface area contributed by atoms with Gasteiger partial charge in [-0.25, -0.2) is 9.37 Å². The fraction of sp³-hybridized carbons (Fsp3) is 0.357. The van der Waals surface area contributed by atoms with E-state index in [-0.39, 0.29) is 5.82 Å². The molecule has 2 nitrogen and oxygen atoms in total. The van der Waals surface area contributed by atoms with Gasteiger partial charge >= 0.3 is 0 Å². The number of nitrogens with two attached hydrogens (primary N) is 1. The van der Waals surface area contributed by atoms with Crippen molar-refractivity contribution >= 4 is 27.3 Å². The Hall–Kier alpha value is -0.780. The molecular weight excluding hydrogens is 327 g/mol. The van der Waals surface area contributed by atoms with Crippen LogP contribution in [0.15, 0.2) is 28.1 Å². The van der Waals surface area contributed by atoms with Crippen molar-refractivity contribution in [1.29, 1.82) is 0 Å². The maximum atomic E-state index is 13.8. The largest absolute Gasteiger partial charge is 0.319 e. The first-order valence-electron chi connectivity index (χ1n) is 6.20. The maximum Gasteiger partial charge on any atom is 0.132 e. The van der Waals surface area contributed by atoms with Gasteiger partial charge in [-0.1, -0.05) is 29.8 Å². The molecule has 0 amide bonds. The highest BCUT2D eigenvalue weighted by Gasteiger charge is 2.27. The third-order valence-electron chi connectivity index (χ3n) is 3.40. The van der Waals surface area contributed by atoms with Crippen molar-refractivity contribution in [2.45, 2.75) is 32.2 Å². The van der Waals surface area contributed by atoms with Gasteiger partial charge in [0.25, 0.3) is 0 Å². The van der Waals surface area contributed by atoms with E-state index in [0.717, 1.165) is 22.3 Å². The second kappa shape index (κ2) is 5.69. The van der Waals surface area contributed by atoms with Crippen LogP contribution in [-0.4, -0.2) is 4.98 Å². The molecule has 0 saturated carbocycles. The number of nitrogens with zero attached hydrogens (tertiary/aromatic N) is 1. The van der Waals surface area contributed by atoms with Crippen LogP contribution < -0.4 is 5.73 Å². The van der Waals surface area contributed by atoms with Gasteiger partial charge in [0.1, 0.15) is 10.8 Å². The molecule has 0 fully saturated rings. The molecule has 0 saturated heterocycles. The number of hydrogen-bond acceptors (Lipinski definition) is 3. The molecule has 2 aromatic rings. The van der Waals surface area contributed by atoms with Gasteiger partial charge in [-0.15, -0.1) is 11.3 Å². The predicted molar refractivity (Wildman–Crippen MR) is 81.7 cm³/mol. The molecule has 0 bridgehead atoms. The Morgan fingerprint density at radius 2 is 2.05 bits per heavy atom. The first-order chi connectivity index (χ1) is 9.00. The second-order valence-electron chi connectivity index (χ2n) is 4.53. The lowest BCUT2D eigenvalue weighted by Gasteiger charge is -2.23. The molecule has 2 N–H and O–H groups in total. The zero-order valence-corrected chi connectivity index (χ0v) is 13.3. The summed E-state index contributed by atoms with van der Waals surface area (Å²) in [4.78, 5) is 4.53. The number of rotatable bonds is 4. The fourth-order valence-corrected chi connectivity index (χ4v) is 3.31. The lowest BCUT2D eigenvalue weighted by molar-refractivity contribution is 0.411. The van der Waals surface area contributed by atoms with E-state index in [1.165, 1.54) is 17.4 Å². The topological polar surface area (TPSA) is 38.9 Å². The monoisotopic (exact) mass is 342 g/mol. The van der Waals surface area contributed by atoms with E-state index in [0.29, 0.717) is 11.3 Å². The van der Waals surface area contributed by atoms with Gasteiger partial charge in [-0.2, -0.15) is 0 Å². The Labute approximate surface area is 125 Å². The normalized spacial score (nSPS) is 11.8. The Morgan fingerprint density at radius 3 is 2.68 bits per heavy atom. The third kappa shape index (κ3) is 2.88. The van der Waals surface area contributed by atoms with Crippen LogP contribution in [0.4, 0.5) is 4.39 Å². The van der Waals surface area contributed by atoms with Crippen LogP contribution in [0.25, 0.3) is 11.3 Å². The highest BCUT2D eigenvalue weighted by atomic mass is 79.9. The van der Waals surface area contributed by atoms with E-state index in [1.807, 2.05) is 19.2 Å². The molecule has 1 aromatic carbocycles. The van der Waals surface area contributed by atoms with Crippen molar-refractivity contribution in [2.24, 2.45) is 5.73 Å². The van der Waals surface area contributed by atoms with Gasteiger partial charge < -0.3 is 5.73 Å². The van der Waals surface area contributed by atoms with E-state index < -0.39 is 5.54 Å². The van der Waals surface area contributed by atoms with Gasteiger partial charge in [0.2, 0.25) is 0 Å². The number of thiazole rings is 1. The molecule has 0 aliphatic rings. The molecule has 5 heteroatoms. The lowest BCUT2D eigenvalue weighted by Crippen LogP contribution is -2.34. The Kier molecular flexibility index (Phi) is 4.38. The molecule has 0 aliphatic carbocycles. The van der Waals surface area contributed by atoms with Gasteiger partial charge in [-0.3, -0.25) is 0 Å². The molecule has 1 heterocycles. The minimum absolute atomic E-state index is 0.268. The summed E-state index contributed by atoms with van der Waals surface area (Å²) in [7, 11) is 0. The molecule has 0 unspecified atom stereocenters. The van der Waals surface area contributed by atoms with Crippen LogP contribution in [0.1, 0.15) is 31.7 Å². The number of hydrogen-bond donors (Lipinski definition) is 1. The van der Waals surface area contributed by atoms with E-state index in [9.17, 15) is 4.39 Å². The molecule has 1 aromatic heterocycles. The lowest BCUT2D eigenvalue weighted by atomic mass is 9.95. The Balaban J connectivity index is 2.44. The van der Waals surface area contributed by atoms with E-state index in [1.54, 1.807) is 12.1 Å². The Bertz CT molecular complexity index is 579. The third-order valence-corrected chi connectivity index (χ3v) is 4.95. The highest BCUT2D eigenvalue weighted by molar-refractivity contribution is 9.10. The molecule has 102 valence electrons. The minimum atomic E-state index is -0.411. The number of aromatic nitrogens is 1. The highest BCUT2D eigenvalue weighted by Crippen LogP contribution is 2.33. The smallest absolute Gasteiger partial charge is 0.132 e. The number of benzene rings is 1. The van der Waals surface area contributed by atoms with Crippen molar-refractivity contribution in [3.63, 3.8) is 0 Å². The van der Waals surface area contributed by atoms with Gasteiger partial charge in [0.15, 0.2) is 0 Å². The summed E-state index contributed by atoms with van der Waals surface area (Å²) in [5.41, 5.74) is 7.07. The minimum Gasteiger partial charge on any atom is -0.319 e. The predicted octanol–water partition coefficient (Wildman–Crippen LogP) is 4.69. The average molecular weight is 343 g/mol. The summed E-state index contributed by atoms with van der Waals surface area (Å²) < 4.78 is 14.7. The molecule has 2 rings (SSSR count). The Morgan fingerprint density at radius 1 is 1.37 bits per heavy atom. The fourth-order valence-electron chi connectivity index (χ4n) is 1.87. The van der Waals surface area contributed by atoms with Crippen molar-refractivity contribution < 1.29 is 4.39 Å². The summed E-state index contributed by atoms with van der Waals surface area (Å²) in [5, 5.41) is 2.74. The molecule has 0 aliphatic heterocycles. The summed E-state index contributed by atoms with van der Waals surface area (Å²) in [6.45, 7) is 4.09. The van der Waals surface area contributed by atoms with Crippen LogP contribution in [0.5, 0.6) is 0 Å². The van der Waals surface area contributed by atoms with Crippen molar-refractivity contribution in [3.8, 4) is 11.3 Å². The first kappa shape index (κ1) is 14.6. The van der Waals surface area contributed by atoms with Crippen LogP contribution >= 0.6 is 27.3 Å². The van der Waals surface area contributed by atoms with Gasteiger partial charge in [-0.05, 0) is 31.0 Å². The van der Waals surface area contributed by atoms with E-state index >= 15 is 0 Å². The van der Waals surface area contributed by atoms with Crippen LogP contribution in [0.2, 0.25) is 0 Å². The molecular formula is C14H16BrFN2S. The zero-order valence-electron chi connectivity index (χ0n) is 10.9. The van der Waals surface area contributed by atoms with Crippen molar-refractivity contribution in [3.05, 3.63) is 38.9 Å². The van der Waals surface area contributed by atoms with Gasteiger partial charge in [0.05, 0.1) is 11.2 Å². The summed E-state index contributed by atoms with van der Waals surface area (Å²) in [5.74, 6) is -0.268. The quantitative estimate of drug-likeness (QED) is 0.875. The zero-order chi connectivity index (χ0) is 14.0. The molecule has 19 heavy (non-hydrogen) atoms. The molecule has 0 spiro atoms. The molecule has 0 atom stereocenters. The summed E-state index contributed by atoms with van der Waals surface area (Å²) in [6, 6.07) is 4.86. The SMILES string of the molecule is CCC(N)(CC)c1nc(-c2cc(Br)ccc2F)cs1. The van der Waals surface area contributed by atoms with E-state index in [2.05, 4.69) is 20.9 Å².